The summed E-state index contributed by atoms with van der Waals surface area (Å²) in [5, 5.41) is 7.85. The highest BCUT2D eigenvalue weighted by Gasteiger charge is 2.29. The molecule has 0 unspecified atom stereocenters. The molecule has 0 saturated heterocycles. The Morgan fingerprint density at radius 1 is 0.862 bits per heavy atom. The lowest BCUT2D eigenvalue weighted by molar-refractivity contribution is 0.250. The summed E-state index contributed by atoms with van der Waals surface area (Å²) in [5.41, 5.74) is 6.37. The first-order valence-corrected chi connectivity index (χ1v) is 10.3. The van der Waals surface area contributed by atoms with Gasteiger partial charge in [0.2, 0.25) is 0 Å². The maximum Gasteiger partial charge on any atom is 0.320 e. The van der Waals surface area contributed by atoms with Crippen LogP contribution in [-0.2, 0) is 0 Å². The second-order valence-electron chi connectivity index (χ2n) is 6.98. The SMILES string of the molecule is Cc1nc(-c2ccccc2)c(NC(=O)NC2c3ccccc3-c3ccccc32)s1. The van der Waals surface area contributed by atoms with E-state index in [2.05, 4.69) is 39.9 Å². The quantitative estimate of drug-likeness (QED) is 0.445. The number of urea groups is 1. The molecule has 3 aromatic carbocycles. The van der Waals surface area contributed by atoms with E-state index in [1.807, 2.05) is 61.5 Å². The summed E-state index contributed by atoms with van der Waals surface area (Å²) in [4.78, 5) is 17.6. The first-order chi connectivity index (χ1) is 14.2. The topological polar surface area (TPSA) is 54.0 Å². The summed E-state index contributed by atoms with van der Waals surface area (Å²) in [6, 6.07) is 26.0. The molecule has 5 rings (SSSR count). The average molecular weight is 398 g/mol. The van der Waals surface area contributed by atoms with Crippen LogP contribution < -0.4 is 10.6 Å². The zero-order valence-corrected chi connectivity index (χ0v) is 16.7. The molecule has 4 aromatic rings. The predicted molar refractivity (Wildman–Crippen MR) is 118 cm³/mol. The Balaban J connectivity index is 1.43. The average Bonchev–Trinajstić information content (AvgIpc) is 3.27. The van der Waals surface area contributed by atoms with Crippen molar-refractivity contribution >= 4 is 22.4 Å². The van der Waals surface area contributed by atoms with Gasteiger partial charge in [0, 0.05) is 5.56 Å². The van der Waals surface area contributed by atoms with E-state index >= 15 is 0 Å². The van der Waals surface area contributed by atoms with Gasteiger partial charge < -0.3 is 5.32 Å². The smallest absolute Gasteiger partial charge is 0.320 e. The molecular weight excluding hydrogens is 378 g/mol. The van der Waals surface area contributed by atoms with Crippen LogP contribution in [0, 0.1) is 6.92 Å². The zero-order valence-electron chi connectivity index (χ0n) is 15.8. The molecule has 0 saturated carbocycles. The molecule has 0 bridgehead atoms. The molecule has 142 valence electrons. The number of fused-ring (bicyclic) bond motifs is 3. The molecule has 2 N–H and O–H groups in total. The molecule has 4 nitrogen and oxygen atoms in total. The predicted octanol–water partition coefficient (Wildman–Crippen LogP) is 6.01. The molecule has 2 amide bonds. The summed E-state index contributed by atoms with van der Waals surface area (Å²) < 4.78 is 0. The van der Waals surface area contributed by atoms with Gasteiger partial charge in [-0.25, -0.2) is 9.78 Å². The lowest BCUT2D eigenvalue weighted by atomic mass is 10.1. The van der Waals surface area contributed by atoms with Crippen LogP contribution >= 0.6 is 11.3 Å². The Labute approximate surface area is 173 Å². The van der Waals surface area contributed by atoms with Gasteiger partial charge in [-0.15, -0.1) is 11.3 Å². The number of nitrogens with zero attached hydrogens (tertiary/aromatic N) is 1. The molecule has 0 fully saturated rings. The van der Waals surface area contributed by atoms with Crippen molar-refractivity contribution in [3.8, 4) is 22.4 Å². The van der Waals surface area contributed by atoms with Gasteiger partial charge in [0.05, 0.1) is 11.0 Å². The van der Waals surface area contributed by atoms with Crippen LogP contribution in [0.1, 0.15) is 22.2 Å². The van der Waals surface area contributed by atoms with Crippen molar-refractivity contribution in [1.82, 2.24) is 10.3 Å². The second kappa shape index (κ2) is 7.18. The Morgan fingerprint density at radius 3 is 2.10 bits per heavy atom. The van der Waals surface area contributed by atoms with Crippen LogP contribution in [0.25, 0.3) is 22.4 Å². The van der Waals surface area contributed by atoms with Crippen molar-refractivity contribution in [3.05, 3.63) is 95.0 Å². The van der Waals surface area contributed by atoms with Gasteiger partial charge in [-0.05, 0) is 29.2 Å². The number of benzene rings is 3. The molecule has 0 spiro atoms. The third-order valence-corrected chi connectivity index (χ3v) is 6.00. The summed E-state index contributed by atoms with van der Waals surface area (Å²) in [7, 11) is 0. The number of thiazole rings is 1. The highest BCUT2D eigenvalue weighted by molar-refractivity contribution is 7.16. The molecule has 0 aliphatic heterocycles. The number of aryl methyl sites for hydroxylation is 1. The monoisotopic (exact) mass is 397 g/mol. The molecule has 1 aliphatic rings. The van der Waals surface area contributed by atoms with Crippen molar-refractivity contribution in [2.24, 2.45) is 0 Å². The van der Waals surface area contributed by atoms with Gasteiger partial charge in [-0.1, -0.05) is 78.9 Å². The van der Waals surface area contributed by atoms with Crippen LogP contribution in [0.2, 0.25) is 0 Å². The van der Waals surface area contributed by atoms with Crippen molar-refractivity contribution < 1.29 is 4.79 Å². The van der Waals surface area contributed by atoms with E-state index in [1.165, 1.54) is 22.5 Å². The van der Waals surface area contributed by atoms with Crippen LogP contribution in [0.4, 0.5) is 9.80 Å². The number of carbonyl (C=O) groups excluding carboxylic acids is 1. The van der Waals surface area contributed by atoms with E-state index in [9.17, 15) is 4.79 Å². The molecule has 5 heteroatoms. The minimum absolute atomic E-state index is 0.170. The van der Waals surface area contributed by atoms with Crippen molar-refractivity contribution in [2.45, 2.75) is 13.0 Å². The van der Waals surface area contributed by atoms with E-state index in [1.54, 1.807) is 0 Å². The Morgan fingerprint density at radius 2 is 1.45 bits per heavy atom. The number of anilines is 1. The number of aromatic nitrogens is 1. The van der Waals surface area contributed by atoms with Gasteiger partial charge in [-0.3, -0.25) is 5.32 Å². The summed E-state index contributed by atoms with van der Waals surface area (Å²) in [6.07, 6.45) is 0. The third-order valence-electron chi connectivity index (χ3n) is 5.12. The highest BCUT2D eigenvalue weighted by atomic mass is 32.1. The highest BCUT2D eigenvalue weighted by Crippen LogP contribution is 2.43. The molecule has 1 heterocycles. The second-order valence-corrected chi connectivity index (χ2v) is 8.19. The van der Waals surface area contributed by atoms with Crippen LogP contribution in [0.5, 0.6) is 0 Å². The van der Waals surface area contributed by atoms with Gasteiger partial charge in [0.1, 0.15) is 10.7 Å². The third kappa shape index (κ3) is 3.19. The van der Waals surface area contributed by atoms with Crippen LogP contribution in [-0.4, -0.2) is 11.0 Å². The molecule has 1 aromatic heterocycles. The van der Waals surface area contributed by atoms with E-state index < -0.39 is 0 Å². The number of nitrogens with one attached hydrogen (secondary N) is 2. The van der Waals surface area contributed by atoms with E-state index in [0.29, 0.717) is 0 Å². The molecule has 0 atom stereocenters. The standard InChI is InChI=1S/C24H19N3OS/c1-15-25-21(16-9-3-2-4-10-16)23(29-15)27-24(28)26-22-19-13-7-5-11-17(19)18-12-6-8-14-20(18)22/h2-14,22H,1H3,(H2,26,27,28). The van der Waals surface area contributed by atoms with Gasteiger partial charge in [0.15, 0.2) is 0 Å². The number of hydrogen-bond acceptors (Lipinski definition) is 3. The fourth-order valence-corrected chi connectivity index (χ4v) is 4.72. The fraction of sp³-hybridized carbons (Fsp3) is 0.0833. The maximum absolute atomic E-state index is 12.9. The normalized spacial score (nSPS) is 12.3. The first kappa shape index (κ1) is 17.6. The minimum Gasteiger partial charge on any atom is -0.327 e. The van der Waals surface area contributed by atoms with E-state index in [0.717, 1.165) is 32.4 Å². The summed E-state index contributed by atoms with van der Waals surface area (Å²) in [6.45, 7) is 1.95. The molecule has 1 aliphatic carbocycles. The first-order valence-electron chi connectivity index (χ1n) is 9.49. The van der Waals surface area contributed by atoms with Gasteiger partial charge in [-0.2, -0.15) is 0 Å². The Hall–Kier alpha value is -3.44. The molecule has 0 radical (unpaired) electrons. The molecular formula is C24H19N3OS. The van der Waals surface area contributed by atoms with Crippen LogP contribution in [0.15, 0.2) is 78.9 Å². The number of rotatable bonds is 3. The summed E-state index contributed by atoms with van der Waals surface area (Å²) >= 11 is 1.48. The minimum atomic E-state index is -0.234. The van der Waals surface area contributed by atoms with E-state index in [-0.39, 0.29) is 12.1 Å². The largest absolute Gasteiger partial charge is 0.327 e. The lowest BCUT2D eigenvalue weighted by Gasteiger charge is -2.16. The number of hydrogen-bond donors (Lipinski definition) is 2. The Bertz CT molecular complexity index is 1150. The summed E-state index contributed by atoms with van der Waals surface area (Å²) in [5.74, 6) is 0. The van der Waals surface area contributed by atoms with Crippen LogP contribution in [0.3, 0.4) is 0 Å². The zero-order chi connectivity index (χ0) is 19.8. The van der Waals surface area contributed by atoms with E-state index in [4.69, 9.17) is 0 Å². The molecule has 29 heavy (non-hydrogen) atoms. The Kier molecular flexibility index (Phi) is 4.37. The van der Waals surface area contributed by atoms with Crippen molar-refractivity contribution in [3.63, 3.8) is 0 Å². The fourth-order valence-electron chi connectivity index (χ4n) is 3.88. The van der Waals surface area contributed by atoms with Gasteiger partial charge in [0.25, 0.3) is 0 Å². The van der Waals surface area contributed by atoms with Crippen molar-refractivity contribution in [2.75, 3.05) is 5.32 Å². The van der Waals surface area contributed by atoms with Crippen molar-refractivity contribution in [1.29, 1.82) is 0 Å². The van der Waals surface area contributed by atoms with Gasteiger partial charge >= 0.3 is 6.03 Å². The maximum atomic E-state index is 12.9. The lowest BCUT2D eigenvalue weighted by Crippen LogP contribution is -2.32. The number of amides is 2. The number of carbonyl (C=O) groups is 1.